The SMILES string of the molecule is CCN(CC)CCCCc1ccc(C(=O)Nc2ccc(Br)cc2C(=O)N/N=C/c2ccc(F)cc2)cc1. The molecular weight excluding hydrogens is 535 g/mol. The standard InChI is InChI=1S/C29H32BrFN4O2/c1-3-35(4-2)18-6-5-7-21-8-12-23(13-9-21)28(36)33-27-17-14-24(30)19-26(27)29(37)34-32-20-22-10-15-25(31)16-11-22/h8-17,19-20H,3-7,18H2,1-2H3,(H,33,36)(H,34,37)/b32-20+. The molecule has 0 aliphatic heterocycles. The monoisotopic (exact) mass is 566 g/mol. The Morgan fingerprint density at radius 3 is 2.32 bits per heavy atom. The number of nitrogens with zero attached hydrogens (tertiary/aromatic N) is 2. The molecule has 0 saturated heterocycles. The zero-order valence-corrected chi connectivity index (χ0v) is 22.7. The van der Waals surface area contributed by atoms with Gasteiger partial charge in [-0.2, -0.15) is 5.10 Å². The summed E-state index contributed by atoms with van der Waals surface area (Å²) in [5.41, 5.74) is 5.41. The number of hydrazone groups is 1. The summed E-state index contributed by atoms with van der Waals surface area (Å²) in [6, 6.07) is 18.3. The van der Waals surface area contributed by atoms with Gasteiger partial charge in [-0.3, -0.25) is 9.59 Å². The fourth-order valence-corrected chi connectivity index (χ4v) is 4.17. The maximum atomic E-state index is 13.0. The first-order valence-electron chi connectivity index (χ1n) is 12.4. The summed E-state index contributed by atoms with van der Waals surface area (Å²) >= 11 is 3.37. The molecule has 194 valence electrons. The van der Waals surface area contributed by atoms with E-state index in [0.717, 1.165) is 38.9 Å². The molecule has 0 aromatic heterocycles. The van der Waals surface area contributed by atoms with Crippen molar-refractivity contribution in [2.75, 3.05) is 25.0 Å². The van der Waals surface area contributed by atoms with Crippen LogP contribution < -0.4 is 10.7 Å². The van der Waals surface area contributed by atoms with Gasteiger partial charge in [0.25, 0.3) is 11.8 Å². The summed E-state index contributed by atoms with van der Waals surface area (Å²) in [7, 11) is 0. The third kappa shape index (κ3) is 8.91. The highest BCUT2D eigenvalue weighted by atomic mass is 79.9. The van der Waals surface area contributed by atoms with Gasteiger partial charge in [0.1, 0.15) is 5.82 Å². The molecule has 0 spiro atoms. The van der Waals surface area contributed by atoms with Crippen molar-refractivity contribution < 1.29 is 14.0 Å². The predicted molar refractivity (Wildman–Crippen MR) is 151 cm³/mol. The first-order valence-corrected chi connectivity index (χ1v) is 13.2. The van der Waals surface area contributed by atoms with Crippen LogP contribution >= 0.6 is 15.9 Å². The highest BCUT2D eigenvalue weighted by molar-refractivity contribution is 9.10. The molecule has 0 atom stereocenters. The minimum Gasteiger partial charge on any atom is -0.321 e. The largest absolute Gasteiger partial charge is 0.321 e. The van der Waals surface area contributed by atoms with Crippen LogP contribution in [-0.2, 0) is 6.42 Å². The van der Waals surface area contributed by atoms with Gasteiger partial charge in [-0.1, -0.05) is 54.0 Å². The van der Waals surface area contributed by atoms with E-state index in [4.69, 9.17) is 0 Å². The van der Waals surface area contributed by atoms with Gasteiger partial charge in [0, 0.05) is 10.0 Å². The summed E-state index contributed by atoms with van der Waals surface area (Å²) < 4.78 is 13.7. The number of hydrogen-bond acceptors (Lipinski definition) is 4. The third-order valence-corrected chi connectivity index (χ3v) is 6.52. The van der Waals surface area contributed by atoms with Gasteiger partial charge in [0.2, 0.25) is 0 Å². The number of amides is 2. The minimum atomic E-state index is -0.491. The molecule has 37 heavy (non-hydrogen) atoms. The van der Waals surface area contributed by atoms with Crippen molar-refractivity contribution in [1.82, 2.24) is 10.3 Å². The maximum Gasteiger partial charge on any atom is 0.273 e. The van der Waals surface area contributed by atoms with Gasteiger partial charge in [-0.05, 0) is 92.5 Å². The Morgan fingerprint density at radius 1 is 0.946 bits per heavy atom. The van der Waals surface area contributed by atoms with E-state index in [1.807, 2.05) is 12.1 Å². The molecule has 0 heterocycles. The molecule has 0 radical (unpaired) electrons. The Morgan fingerprint density at radius 2 is 1.65 bits per heavy atom. The number of halogens is 2. The molecule has 0 aliphatic carbocycles. The minimum absolute atomic E-state index is 0.254. The van der Waals surface area contributed by atoms with Crippen molar-refractivity contribution in [1.29, 1.82) is 0 Å². The summed E-state index contributed by atoms with van der Waals surface area (Å²) in [4.78, 5) is 28.1. The van der Waals surface area contributed by atoms with Crippen LogP contribution in [0.4, 0.5) is 10.1 Å². The highest BCUT2D eigenvalue weighted by Gasteiger charge is 2.15. The molecule has 0 unspecified atom stereocenters. The number of hydrogen-bond donors (Lipinski definition) is 2. The van der Waals surface area contributed by atoms with Gasteiger partial charge in [-0.25, -0.2) is 9.82 Å². The second-order valence-corrected chi connectivity index (χ2v) is 9.49. The van der Waals surface area contributed by atoms with Crippen LogP contribution in [0, 0.1) is 5.82 Å². The fraction of sp³-hybridized carbons (Fsp3) is 0.276. The van der Waals surface area contributed by atoms with E-state index in [9.17, 15) is 14.0 Å². The molecule has 0 saturated carbocycles. The summed E-state index contributed by atoms with van der Waals surface area (Å²) in [6.07, 6.45) is 4.63. The molecule has 3 rings (SSSR count). The zero-order chi connectivity index (χ0) is 26.6. The number of anilines is 1. The Hall–Kier alpha value is -3.36. The average molecular weight is 568 g/mol. The summed E-state index contributed by atoms with van der Waals surface area (Å²) in [6.45, 7) is 7.62. The van der Waals surface area contributed by atoms with Crippen LogP contribution in [0.15, 0.2) is 76.3 Å². The molecule has 0 bridgehead atoms. The average Bonchev–Trinajstić information content (AvgIpc) is 2.91. The number of unbranched alkanes of at least 4 members (excludes halogenated alkanes) is 1. The molecule has 2 N–H and O–H groups in total. The molecule has 0 fully saturated rings. The van der Waals surface area contributed by atoms with Crippen molar-refractivity contribution in [2.45, 2.75) is 33.1 Å². The van der Waals surface area contributed by atoms with Gasteiger partial charge >= 0.3 is 0 Å². The predicted octanol–water partition coefficient (Wildman–Crippen LogP) is 6.27. The van der Waals surface area contributed by atoms with Gasteiger partial charge in [0.15, 0.2) is 0 Å². The lowest BCUT2D eigenvalue weighted by molar-refractivity contribution is 0.0956. The number of carbonyl (C=O) groups is 2. The first kappa shape index (κ1) is 28.2. The number of rotatable bonds is 12. The molecule has 3 aromatic carbocycles. The molecule has 8 heteroatoms. The van der Waals surface area contributed by atoms with Gasteiger partial charge in [-0.15, -0.1) is 0 Å². The lowest BCUT2D eigenvalue weighted by Gasteiger charge is -2.17. The van der Waals surface area contributed by atoms with E-state index in [1.165, 1.54) is 23.9 Å². The number of aryl methyl sites for hydroxylation is 1. The van der Waals surface area contributed by atoms with E-state index in [0.29, 0.717) is 21.3 Å². The smallest absolute Gasteiger partial charge is 0.273 e. The van der Waals surface area contributed by atoms with Gasteiger partial charge < -0.3 is 10.2 Å². The van der Waals surface area contributed by atoms with Crippen molar-refractivity contribution >= 4 is 39.6 Å². The van der Waals surface area contributed by atoms with Crippen LogP contribution in [0.3, 0.4) is 0 Å². The lowest BCUT2D eigenvalue weighted by Crippen LogP contribution is -2.23. The third-order valence-electron chi connectivity index (χ3n) is 6.02. The molecular formula is C29H32BrFN4O2. The second-order valence-electron chi connectivity index (χ2n) is 8.58. The first-order chi connectivity index (χ1) is 17.9. The van der Waals surface area contributed by atoms with Crippen molar-refractivity contribution in [3.8, 4) is 0 Å². The Bertz CT molecular complexity index is 1210. The number of nitrogens with one attached hydrogen (secondary N) is 2. The Labute approximate surface area is 226 Å². The quantitative estimate of drug-likeness (QED) is 0.154. The van der Waals surface area contributed by atoms with E-state index in [1.54, 1.807) is 42.5 Å². The van der Waals surface area contributed by atoms with Crippen molar-refractivity contribution in [2.24, 2.45) is 5.10 Å². The molecule has 2 amide bonds. The van der Waals surface area contributed by atoms with Gasteiger partial charge in [0.05, 0.1) is 17.5 Å². The highest BCUT2D eigenvalue weighted by Crippen LogP contribution is 2.22. The number of carbonyl (C=O) groups excluding carboxylic acids is 2. The molecule has 3 aromatic rings. The van der Waals surface area contributed by atoms with E-state index in [-0.39, 0.29) is 17.3 Å². The summed E-state index contributed by atoms with van der Waals surface area (Å²) in [5.74, 6) is -1.15. The second kappa shape index (κ2) is 14.4. The Balaban J connectivity index is 1.59. The van der Waals surface area contributed by atoms with Crippen molar-refractivity contribution in [3.05, 3.63) is 99.3 Å². The lowest BCUT2D eigenvalue weighted by atomic mass is 10.1. The normalized spacial score (nSPS) is 11.2. The van der Waals surface area contributed by atoms with Crippen LogP contribution in [0.2, 0.25) is 0 Å². The topological polar surface area (TPSA) is 73.8 Å². The number of benzene rings is 3. The van der Waals surface area contributed by atoms with Crippen LogP contribution in [0.1, 0.15) is 58.5 Å². The van der Waals surface area contributed by atoms with E-state index >= 15 is 0 Å². The maximum absolute atomic E-state index is 13.0. The van der Waals surface area contributed by atoms with E-state index < -0.39 is 5.91 Å². The van der Waals surface area contributed by atoms with Crippen LogP contribution in [0.5, 0.6) is 0 Å². The van der Waals surface area contributed by atoms with Crippen LogP contribution in [-0.4, -0.2) is 42.6 Å². The van der Waals surface area contributed by atoms with E-state index in [2.05, 4.69) is 50.5 Å². The van der Waals surface area contributed by atoms with Crippen LogP contribution in [0.25, 0.3) is 0 Å². The molecule has 6 nitrogen and oxygen atoms in total. The summed E-state index contributed by atoms with van der Waals surface area (Å²) in [5, 5.41) is 6.76. The zero-order valence-electron chi connectivity index (χ0n) is 21.1. The fourth-order valence-electron chi connectivity index (χ4n) is 3.81. The Kier molecular flexibility index (Phi) is 11.0. The van der Waals surface area contributed by atoms with Crippen molar-refractivity contribution in [3.63, 3.8) is 0 Å². The molecule has 0 aliphatic rings.